The van der Waals surface area contributed by atoms with Gasteiger partial charge >= 0.3 is 0 Å². The number of nitrogens with one attached hydrogen (secondary N) is 1. The number of para-hydroxylation sites is 1. The van der Waals surface area contributed by atoms with Gasteiger partial charge in [-0.1, -0.05) is 30.3 Å². The lowest BCUT2D eigenvalue weighted by molar-refractivity contribution is 0.0940. The van der Waals surface area contributed by atoms with Crippen LogP contribution in [0.5, 0.6) is 0 Å². The van der Waals surface area contributed by atoms with Gasteiger partial charge in [-0.05, 0) is 48.2 Å². The minimum absolute atomic E-state index is 0.132. The van der Waals surface area contributed by atoms with Gasteiger partial charge in [0.05, 0.1) is 35.4 Å². The van der Waals surface area contributed by atoms with Crippen LogP contribution in [0.15, 0.2) is 66.0 Å². The highest BCUT2D eigenvalue weighted by Crippen LogP contribution is 2.24. The fraction of sp³-hybridized carbons (Fsp3) is 0.280. The molecule has 3 aromatic rings. The summed E-state index contributed by atoms with van der Waals surface area (Å²) in [6.45, 7) is 5.24. The normalized spacial score (nSPS) is 14.6. The predicted molar refractivity (Wildman–Crippen MR) is 129 cm³/mol. The van der Waals surface area contributed by atoms with Crippen LogP contribution in [-0.2, 0) is 4.74 Å². The van der Waals surface area contributed by atoms with Crippen molar-refractivity contribution in [3.63, 3.8) is 0 Å². The number of hydrogen-bond acceptors (Lipinski definition) is 5. The van der Waals surface area contributed by atoms with Crippen LogP contribution < -0.4 is 15.1 Å². The molecule has 32 heavy (non-hydrogen) atoms. The zero-order chi connectivity index (χ0) is 22.5. The summed E-state index contributed by atoms with van der Waals surface area (Å²) in [5, 5.41) is 4.94. The van der Waals surface area contributed by atoms with Crippen LogP contribution in [0, 0.1) is 0 Å². The summed E-state index contributed by atoms with van der Waals surface area (Å²) < 4.78 is 5.42. The monoisotopic (exact) mass is 449 g/mol. The Morgan fingerprint density at radius 2 is 1.75 bits per heavy atom. The topological polar surface area (TPSA) is 61.9 Å². The highest BCUT2D eigenvalue weighted by Gasteiger charge is 2.21. The number of nitrogens with zero attached hydrogens (tertiary/aromatic N) is 2. The molecule has 0 spiro atoms. The third-order valence-electron chi connectivity index (χ3n) is 5.66. The molecule has 1 unspecified atom stereocenters. The van der Waals surface area contributed by atoms with Crippen LogP contribution in [0.4, 0.5) is 11.4 Å². The number of anilines is 2. The summed E-state index contributed by atoms with van der Waals surface area (Å²) in [7, 11) is 1.70. The second-order valence-corrected chi connectivity index (χ2v) is 8.69. The number of ether oxygens (including phenoxy) is 1. The van der Waals surface area contributed by atoms with Crippen LogP contribution in [0.3, 0.4) is 0 Å². The van der Waals surface area contributed by atoms with Gasteiger partial charge in [-0.3, -0.25) is 9.59 Å². The van der Waals surface area contributed by atoms with Crippen molar-refractivity contribution in [1.82, 2.24) is 5.32 Å². The average molecular weight is 450 g/mol. The van der Waals surface area contributed by atoms with Gasteiger partial charge in [0.25, 0.3) is 11.8 Å². The fourth-order valence-electron chi connectivity index (χ4n) is 3.79. The SMILES string of the molecule is CC(NC(=O)c1ccccc1N(C)C(=O)c1cccs1)c1ccc(N2CCOCC2)cc1. The predicted octanol–water partition coefficient (Wildman–Crippen LogP) is 4.35. The summed E-state index contributed by atoms with van der Waals surface area (Å²) >= 11 is 1.39. The van der Waals surface area contributed by atoms with Crippen LogP contribution in [-0.4, -0.2) is 45.2 Å². The highest BCUT2D eigenvalue weighted by atomic mass is 32.1. The number of hydrogen-bond donors (Lipinski definition) is 1. The van der Waals surface area contributed by atoms with Crippen molar-refractivity contribution in [3.05, 3.63) is 82.0 Å². The zero-order valence-electron chi connectivity index (χ0n) is 18.3. The first-order valence-corrected chi connectivity index (χ1v) is 11.6. The van der Waals surface area contributed by atoms with E-state index in [2.05, 4.69) is 22.3 Å². The molecule has 1 saturated heterocycles. The van der Waals surface area contributed by atoms with Crippen molar-refractivity contribution in [2.45, 2.75) is 13.0 Å². The van der Waals surface area contributed by atoms with Crippen LogP contribution >= 0.6 is 11.3 Å². The van der Waals surface area contributed by atoms with Crippen LogP contribution in [0.25, 0.3) is 0 Å². The molecule has 4 rings (SSSR count). The first kappa shape index (κ1) is 22.0. The number of carbonyl (C=O) groups excluding carboxylic acids is 2. The second kappa shape index (κ2) is 9.97. The van der Waals surface area contributed by atoms with Crippen molar-refractivity contribution in [3.8, 4) is 0 Å². The number of amides is 2. The maximum Gasteiger partial charge on any atom is 0.268 e. The lowest BCUT2D eigenvalue weighted by Crippen LogP contribution is -2.36. The molecule has 6 nitrogen and oxygen atoms in total. The molecule has 1 aliphatic heterocycles. The van der Waals surface area contributed by atoms with Crippen LogP contribution in [0.1, 0.15) is 38.6 Å². The number of benzene rings is 2. The Balaban J connectivity index is 1.46. The molecule has 2 amide bonds. The lowest BCUT2D eigenvalue weighted by Gasteiger charge is -2.29. The summed E-state index contributed by atoms with van der Waals surface area (Å²) in [4.78, 5) is 30.4. The minimum Gasteiger partial charge on any atom is -0.378 e. The highest BCUT2D eigenvalue weighted by molar-refractivity contribution is 7.12. The summed E-state index contributed by atoms with van der Waals surface area (Å²) in [6, 6.07) is 18.9. The molecule has 1 aromatic heterocycles. The third-order valence-corrected chi connectivity index (χ3v) is 6.52. The third kappa shape index (κ3) is 4.84. The molecule has 0 radical (unpaired) electrons. The number of carbonyl (C=O) groups is 2. The Hall–Kier alpha value is -3.16. The van der Waals surface area contributed by atoms with Crippen LogP contribution in [0.2, 0.25) is 0 Å². The molecule has 2 aromatic carbocycles. The van der Waals surface area contributed by atoms with E-state index in [-0.39, 0.29) is 17.9 Å². The number of morpholine rings is 1. The van der Waals surface area contributed by atoms with Crippen molar-refractivity contribution in [2.24, 2.45) is 0 Å². The summed E-state index contributed by atoms with van der Waals surface area (Å²) in [5.41, 5.74) is 3.24. The Morgan fingerprint density at radius 3 is 2.44 bits per heavy atom. The molecule has 0 bridgehead atoms. The summed E-state index contributed by atoms with van der Waals surface area (Å²) in [6.07, 6.45) is 0. The molecule has 7 heteroatoms. The molecule has 0 saturated carbocycles. The van der Waals surface area contributed by atoms with E-state index >= 15 is 0 Å². The van der Waals surface area contributed by atoms with Gasteiger partial charge in [-0.2, -0.15) is 0 Å². The molecule has 1 fully saturated rings. The van der Waals surface area contributed by atoms with Gasteiger partial charge in [0.2, 0.25) is 0 Å². The van der Waals surface area contributed by atoms with E-state index in [9.17, 15) is 9.59 Å². The first-order valence-electron chi connectivity index (χ1n) is 10.7. The Bertz CT molecular complexity index is 1060. The summed E-state index contributed by atoms with van der Waals surface area (Å²) in [5.74, 6) is -0.344. The lowest BCUT2D eigenvalue weighted by atomic mass is 10.1. The maximum absolute atomic E-state index is 13.1. The average Bonchev–Trinajstić information content (AvgIpc) is 3.39. The van der Waals surface area contributed by atoms with Gasteiger partial charge in [0, 0.05) is 25.8 Å². The molecule has 1 N–H and O–H groups in total. The van der Waals surface area contributed by atoms with Gasteiger partial charge in [0.15, 0.2) is 0 Å². The standard InChI is InChI=1S/C25H27N3O3S/c1-18(19-9-11-20(12-10-19)28-13-15-31-16-14-28)26-24(29)21-6-3-4-7-22(21)27(2)25(30)23-8-5-17-32-23/h3-12,17-18H,13-16H2,1-2H3,(H,26,29). The van der Waals surface area contributed by atoms with Gasteiger partial charge < -0.3 is 19.9 Å². The molecule has 166 valence electrons. The molecule has 2 heterocycles. The van der Waals surface area contributed by atoms with E-state index < -0.39 is 0 Å². The quantitative estimate of drug-likeness (QED) is 0.608. The minimum atomic E-state index is -0.212. The fourth-order valence-corrected chi connectivity index (χ4v) is 4.48. The van der Waals surface area contributed by atoms with E-state index in [4.69, 9.17) is 4.74 Å². The first-order chi connectivity index (χ1) is 15.5. The maximum atomic E-state index is 13.1. The Kier molecular flexibility index (Phi) is 6.87. The van der Waals surface area contributed by atoms with Crippen molar-refractivity contribution in [2.75, 3.05) is 43.2 Å². The van der Waals surface area contributed by atoms with Crippen molar-refractivity contribution < 1.29 is 14.3 Å². The zero-order valence-corrected chi connectivity index (χ0v) is 19.1. The second-order valence-electron chi connectivity index (χ2n) is 7.74. The Morgan fingerprint density at radius 1 is 1.03 bits per heavy atom. The van der Waals surface area contributed by atoms with Crippen molar-refractivity contribution in [1.29, 1.82) is 0 Å². The van der Waals surface area contributed by atoms with Crippen molar-refractivity contribution >= 4 is 34.5 Å². The Labute approximate surface area is 192 Å². The number of rotatable bonds is 6. The van der Waals surface area contributed by atoms with E-state index in [1.165, 1.54) is 16.2 Å². The molecule has 1 atom stereocenters. The number of thiophene rings is 1. The molecular formula is C25H27N3O3S. The molecule has 1 aliphatic rings. The largest absolute Gasteiger partial charge is 0.378 e. The van der Waals surface area contributed by atoms with E-state index in [1.54, 1.807) is 25.2 Å². The van der Waals surface area contributed by atoms with E-state index in [1.807, 2.05) is 42.6 Å². The molecule has 0 aliphatic carbocycles. The van der Waals surface area contributed by atoms with E-state index in [0.717, 1.165) is 37.6 Å². The molecular weight excluding hydrogens is 422 g/mol. The van der Waals surface area contributed by atoms with Gasteiger partial charge in [-0.25, -0.2) is 0 Å². The van der Waals surface area contributed by atoms with E-state index in [0.29, 0.717) is 16.1 Å². The smallest absolute Gasteiger partial charge is 0.268 e. The van der Waals surface area contributed by atoms with Gasteiger partial charge in [0.1, 0.15) is 0 Å². The van der Waals surface area contributed by atoms with Gasteiger partial charge in [-0.15, -0.1) is 11.3 Å².